The maximum atomic E-state index is 11.0. The molecule has 1 amide bonds. The highest BCUT2D eigenvalue weighted by Gasteiger charge is 2.22. The number of hydrogen-bond acceptors (Lipinski definition) is 4. The third-order valence-corrected chi connectivity index (χ3v) is 3.07. The molecule has 19 heavy (non-hydrogen) atoms. The molecule has 0 saturated carbocycles. The zero-order chi connectivity index (χ0) is 14.0. The molecule has 5 nitrogen and oxygen atoms in total. The Bertz CT molecular complexity index is 665. The van der Waals surface area contributed by atoms with Gasteiger partial charge in [-0.1, -0.05) is 19.9 Å². The second-order valence-corrected chi connectivity index (χ2v) is 5.09. The number of carbonyl (C=O) groups excluding carboxylic acids is 1. The number of fused-ring (bicyclic) bond motifs is 1. The van der Waals surface area contributed by atoms with Crippen LogP contribution < -0.4 is 5.32 Å². The van der Waals surface area contributed by atoms with Crippen LogP contribution in [0.4, 0.5) is 0 Å². The van der Waals surface area contributed by atoms with Crippen molar-refractivity contribution in [3.05, 3.63) is 29.7 Å². The Morgan fingerprint density at radius 1 is 1.53 bits per heavy atom. The number of nitrogens with zero attached hydrogens (tertiary/aromatic N) is 2. The first kappa shape index (κ1) is 13.1. The van der Waals surface area contributed by atoms with Gasteiger partial charge in [-0.15, -0.1) is 0 Å². The molecule has 1 aromatic heterocycles. The number of nitrogens with one attached hydrogen (secondary N) is 1. The quantitative estimate of drug-likeness (QED) is 0.853. The van der Waals surface area contributed by atoms with Crippen LogP contribution in [-0.2, 0) is 10.2 Å². The Hall–Kier alpha value is -2.35. The minimum atomic E-state index is -0.619. The number of aromatic nitrogens is 1. The summed E-state index contributed by atoms with van der Waals surface area (Å²) in [7, 11) is 0. The summed E-state index contributed by atoms with van der Waals surface area (Å²) in [5.74, 6) is 0.00849. The van der Waals surface area contributed by atoms with Gasteiger partial charge in [0, 0.05) is 18.9 Å². The van der Waals surface area contributed by atoms with E-state index in [0.717, 1.165) is 16.7 Å². The fraction of sp³-hybridized carbons (Fsp3) is 0.357. The molecule has 1 aromatic carbocycles. The number of benzene rings is 1. The van der Waals surface area contributed by atoms with E-state index in [1.54, 1.807) is 13.0 Å². The van der Waals surface area contributed by atoms with E-state index in [0.29, 0.717) is 12.4 Å². The van der Waals surface area contributed by atoms with Crippen molar-refractivity contribution >= 4 is 17.0 Å². The van der Waals surface area contributed by atoms with E-state index in [-0.39, 0.29) is 5.41 Å². The summed E-state index contributed by atoms with van der Waals surface area (Å²) in [6.07, 6.45) is 0. The summed E-state index contributed by atoms with van der Waals surface area (Å²) in [6, 6.07) is 7.32. The molecule has 0 aliphatic heterocycles. The number of nitriles is 1. The van der Waals surface area contributed by atoms with Crippen LogP contribution in [0.15, 0.2) is 22.6 Å². The summed E-state index contributed by atoms with van der Waals surface area (Å²) < 4.78 is 5.43. The Morgan fingerprint density at radius 3 is 2.95 bits per heavy atom. The van der Waals surface area contributed by atoms with Gasteiger partial charge in [0.15, 0.2) is 17.5 Å². The van der Waals surface area contributed by atoms with Crippen molar-refractivity contribution < 1.29 is 9.21 Å². The molecule has 0 fully saturated rings. The van der Waals surface area contributed by atoms with Crippen molar-refractivity contribution in [2.75, 3.05) is 6.54 Å². The lowest BCUT2D eigenvalue weighted by molar-refractivity contribution is -0.116. The number of amides is 1. The van der Waals surface area contributed by atoms with E-state index in [1.807, 2.05) is 32.0 Å². The first-order chi connectivity index (χ1) is 8.92. The standard InChI is InChI=1S/C14H15N3O2/c1-9-17-11-6-10(4-5-12(11)19-9)14(2,3)8-16-13(18)7-15/h4-6H,8H2,1-3H3,(H,16,18). The first-order valence-electron chi connectivity index (χ1n) is 5.98. The monoisotopic (exact) mass is 257 g/mol. The minimum absolute atomic E-state index is 0.284. The third-order valence-electron chi connectivity index (χ3n) is 3.07. The Labute approximate surface area is 111 Å². The van der Waals surface area contributed by atoms with Crippen molar-refractivity contribution in [3.63, 3.8) is 0 Å². The Morgan fingerprint density at radius 2 is 2.26 bits per heavy atom. The van der Waals surface area contributed by atoms with E-state index in [4.69, 9.17) is 9.68 Å². The number of rotatable bonds is 3. The van der Waals surface area contributed by atoms with E-state index in [1.165, 1.54) is 0 Å². The van der Waals surface area contributed by atoms with Gasteiger partial charge in [-0.05, 0) is 17.7 Å². The van der Waals surface area contributed by atoms with E-state index < -0.39 is 5.91 Å². The lowest BCUT2D eigenvalue weighted by atomic mass is 9.84. The molecule has 0 aliphatic rings. The van der Waals surface area contributed by atoms with E-state index in [9.17, 15) is 4.79 Å². The average molecular weight is 257 g/mol. The number of oxazole rings is 1. The zero-order valence-corrected chi connectivity index (χ0v) is 11.2. The molecule has 1 heterocycles. The maximum Gasteiger partial charge on any atom is 0.322 e. The van der Waals surface area contributed by atoms with Crippen LogP contribution in [0.1, 0.15) is 25.3 Å². The first-order valence-corrected chi connectivity index (χ1v) is 5.98. The molecule has 0 unspecified atom stereocenters. The summed E-state index contributed by atoms with van der Waals surface area (Å²) in [5, 5.41) is 11.0. The van der Waals surface area contributed by atoms with Gasteiger partial charge < -0.3 is 9.73 Å². The highest BCUT2D eigenvalue weighted by Crippen LogP contribution is 2.26. The molecule has 0 saturated heterocycles. The molecule has 0 bridgehead atoms. The predicted octanol–water partition coefficient (Wildman–Crippen LogP) is 2.05. The number of carbonyl (C=O) groups is 1. The molecule has 2 aromatic rings. The van der Waals surface area contributed by atoms with Crippen LogP contribution in [0.2, 0.25) is 0 Å². The van der Waals surface area contributed by atoms with Gasteiger partial charge in [0.1, 0.15) is 5.52 Å². The van der Waals surface area contributed by atoms with Gasteiger partial charge >= 0.3 is 5.91 Å². The highest BCUT2D eigenvalue weighted by molar-refractivity contribution is 5.91. The molecule has 0 spiro atoms. The number of hydrogen-bond donors (Lipinski definition) is 1. The van der Waals surface area contributed by atoms with Crippen molar-refractivity contribution in [2.24, 2.45) is 0 Å². The fourth-order valence-corrected chi connectivity index (χ4v) is 1.91. The SMILES string of the molecule is Cc1nc2cc(C(C)(C)CNC(=O)C#N)ccc2o1. The molecule has 98 valence electrons. The summed E-state index contributed by atoms with van der Waals surface area (Å²) in [5.41, 5.74) is 2.30. The smallest absolute Gasteiger partial charge is 0.322 e. The van der Waals surface area contributed by atoms with Gasteiger partial charge in [0.2, 0.25) is 0 Å². The summed E-state index contributed by atoms with van der Waals surface area (Å²) in [4.78, 5) is 15.3. The highest BCUT2D eigenvalue weighted by atomic mass is 16.3. The van der Waals surface area contributed by atoms with Gasteiger partial charge in [-0.3, -0.25) is 4.79 Å². The third kappa shape index (κ3) is 2.74. The molecule has 1 N–H and O–H groups in total. The Balaban J connectivity index is 2.26. The second-order valence-electron chi connectivity index (χ2n) is 5.09. The average Bonchev–Trinajstić information content (AvgIpc) is 2.74. The normalized spacial score (nSPS) is 11.3. The summed E-state index contributed by atoms with van der Waals surface area (Å²) in [6.45, 7) is 6.19. The van der Waals surface area contributed by atoms with Crippen LogP contribution in [0, 0.1) is 18.3 Å². The van der Waals surface area contributed by atoms with Crippen LogP contribution >= 0.6 is 0 Å². The van der Waals surface area contributed by atoms with Crippen LogP contribution in [-0.4, -0.2) is 17.4 Å². The van der Waals surface area contributed by atoms with Crippen LogP contribution in [0.3, 0.4) is 0 Å². The number of aryl methyl sites for hydroxylation is 1. The van der Waals surface area contributed by atoms with Crippen molar-refractivity contribution in [3.8, 4) is 6.07 Å². The van der Waals surface area contributed by atoms with Crippen molar-refractivity contribution in [1.82, 2.24) is 10.3 Å². The molecular formula is C14H15N3O2. The lowest BCUT2D eigenvalue weighted by Gasteiger charge is -2.24. The molecule has 0 atom stereocenters. The van der Waals surface area contributed by atoms with Crippen LogP contribution in [0.25, 0.3) is 11.1 Å². The maximum absolute atomic E-state index is 11.0. The topological polar surface area (TPSA) is 78.9 Å². The molecule has 0 radical (unpaired) electrons. The molecule has 2 rings (SSSR count). The second kappa shape index (κ2) is 4.73. The fourth-order valence-electron chi connectivity index (χ4n) is 1.91. The lowest BCUT2D eigenvalue weighted by Crippen LogP contribution is -2.36. The van der Waals surface area contributed by atoms with Crippen molar-refractivity contribution in [1.29, 1.82) is 5.26 Å². The molecular weight excluding hydrogens is 242 g/mol. The zero-order valence-electron chi connectivity index (χ0n) is 11.2. The minimum Gasteiger partial charge on any atom is -0.441 e. The van der Waals surface area contributed by atoms with Crippen LogP contribution in [0.5, 0.6) is 0 Å². The van der Waals surface area contributed by atoms with Gasteiger partial charge in [-0.2, -0.15) is 5.26 Å². The summed E-state index contributed by atoms with van der Waals surface area (Å²) >= 11 is 0. The van der Waals surface area contributed by atoms with Gasteiger partial charge in [0.25, 0.3) is 0 Å². The molecule has 0 aliphatic carbocycles. The molecule has 5 heteroatoms. The van der Waals surface area contributed by atoms with Crippen molar-refractivity contribution in [2.45, 2.75) is 26.2 Å². The van der Waals surface area contributed by atoms with E-state index >= 15 is 0 Å². The largest absolute Gasteiger partial charge is 0.441 e. The predicted molar refractivity (Wildman–Crippen MR) is 70.4 cm³/mol. The van der Waals surface area contributed by atoms with E-state index in [2.05, 4.69) is 10.3 Å². The van der Waals surface area contributed by atoms with Gasteiger partial charge in [0.05, 0.1) is 0 Å². The van der Waals surface area contributed by atoms with Gasteiger partial charge in [-0.25, -0.2) is 4.98 Å². The Kier molecular flexibility index (Phi) is 3.26.